The molecule has 0 aliphatic carbocycles. The summed E-state index contributed by atoms with van der Waals surface area (Å²) in [5.74, 6) is 3.02. The first-order chi connectivity index (χ1) is 5.47. The van der Waals surface area contributed by atoms with Crippen LogP contribution in [0.2, 0.25) is 19.6 Å². The Kier molecular flexibility index (Phi) is 2.34. The Morgan fingerprint density at radius 3 is 2.50 bits per heavy atom. The van der Waals surface area contributed by atoms with Crippen molar-refractivity contribution in [1.29, 1.82) is 0 Å². The zero-order valence-corrected chi connectivity index (χ0v) is 8.92. The highest BCUT2D eigenvalue weighted by Crippen LogP contribution is 1.97. The van der Waals surface area contributed by atoms with Crippen molar-refractivity contribution < 1.29 is 0 Å². The van der Waals surface area contributed by atoms with Crippen LogP contribution in [-0.4, -0.2) is 23.1 Å². The van der Waals surface area contributed by atoms with E-state index in [1.807, 2.05) is 13.2 Å². The predicted octanol–water partition coefficient (Wildman–Crippen LogP) is 1.04. The van der Waals surface area contributed by atoms with Crippen LogP contribution >= 0.6 is 0 Å². The summed E-state index contributed by atoms with van der Waals surface area (Å²) in [4.78, 5) is 0. The van der Waals surface area contributed by atoms with Gasteiger partial charge in [-0.25, -0.2) is 0 Å². The van der Waals surface area contributed by atoms with Crippen molar-refractivity contribution in [2.45, 2.75) is 19.6 Å². The molecule has 0 atom stereocenters. The largest absolute Gasteiger partial charge is 0.254 e. The second-order valence-corrected chi connectivity index (χ2v) is 8.53. The average molecular weight is 179 g/mol. The molecule has 0 aromatic carbocycles. The van der Waals surface area contributed by atoms with Gasteiger partial charge in [-0.2, -0.15) is 0 Å². The molecule has 1 aromatic rings. The molecule has 0 N–H and O–H groups in total. The fourth-order valence-corrected chi connectivity index (χ4v) is 1.16. The van der Waals surface area contributed by atoms with Gasteiger partial charge in [0.1, 0.15) is 8.07 Å². The Balaban J connectivity index is 2.80. The van der Waals surface area contributed by atoms with Crippen LogP contribution in [-0.2, 0) is 7.05 Å². The Morgan fingerprint density at radius 2 is 2.08 bits per heavy atom. The molecule has 0 saturated heterocycles. The van der Waals surface area contributed by atoms with Gasteiger partial charge in [-0.05, 0) is 0 Å². The van der Waals surface area contributed by atoms with Gasteiger partial charge in [-0.1, -0.05) is 30.8 Å². The summed E-state index contributed by atoms with van der Waals surface area (Å²) in [7, 11) is 0.571. The number of hydrogen-bond donors (Lipinski definition) is 0. The minimum absolute atomic E-state index is 0.764. The molecule has 1 heterocycles. The molecule has 0 saturated carbocycles. The third kappa shape index (κ3) is 2.89. The van der Waals surface area contributed by atoms with Crippen LogP contribution in [0.3, 0.4) is 0 Å². The minimum Gasteiger partial charge on any atom is -0.254 e. The average Bonchev–Trinajstić information content (AvgIpc) is 2.30. The molecule has 64 valence electrons. The Labute approximate surface area is 73.8 Å². The maximum absolute atomic E-state index is 3.88. The highest BCUT2D eigenvalue weighted by Gasteiger charge is 2.07. The molecule has 1 aromatic heterocycles. The standard InChI is InChI=1S/C8H13N3Si/c1-11-7-8(9-10-11)5-6-12(2,3)4/h7H,1-4H3. The topological polar surface area (TPSA) is 30.7 Å². The number of hydrogen-bond acceptors (Lipinski definition) is 2. The van der Waals surface area contributed by atoms with E-state index in [0.29, 0.717) is 0 Å². The first kappa shape index (κ1) is 9.01. The van der Waals surface area contributed by atoms with Gasteiger partial charge in [0.15, 0.2) is 5.69 Å². The Bertz CT molecular complexity index is 324. The van der Waals surface area contributed by atoms with E-state index in [2.05, 4.69) is 41.4 Å². The van der Waals surface area contributed by atoms with E-state index in [1.165, 1.54) is 0 Å². The SMILES string of the molecule is Cn1cc(C#C[Si](C)(C)C)nn1. The highest BCUT2D eigenvalue weighted by atomic mass is 28.3. The van der Waals surface area contributed by atoms with Crippen LogP contribution in [0.5, 0.6) is 0 Å². The lowest BCUT2D eigenvalue weighted by molar-refractivity contribution is 0.714. The van der Waals surface area contributed by atoms with Crippen LogP contribution in [0.1, 0.15) is 5.69 Å². The summed E-state index contributed by atoms with van der Waals surface area (Å²) in [6, 6.07) is 0. The van der Waals surface area contributed by atoms with Gasteiger partial charge in [-0.3, -0.25) is 4.68 Å². The maximum Gasteiger partial charge on any atom is 0.154 e. The normalized spacial score (nSPS) is 10.7. The number of aromatic nitrogens is 3. The molecule has 0 aliphatic rings. The van der Waals surface area contributed by atoms with Crippen LogP contribution in [0.25, 0.3) is 0 Å². The molecular weight excluding hydrogens is 166 g/mol. The van der Waals surface area contributed by atoms with E-state index in [9.17, 15) is 0 Å². The first-order valence-electron chi connectivity index (χ1n) is 3.87. The summed E-state index contributed by atoms with van der Waals surface area (Å²) in [6.45, 7) is 6.61. The minimum atomic E-state index is -1.27. The van der Waals surface area contributed by atoms with Crippen LogP contribution in [0.15, 0.2) is 6.20 Å². The molecule has 3 nitrogen and oxygen atoms in total. The summed E-state index contributed by atoms with van der Waals surface area (Å²) in [5.41, 5.74) is 3.99. The third-order valence-electron chi connectivity index (χ3n) is 1.17. The van der Waals surface area contributed by atoms with Crippen molar-refractivity contribution in [3.8, 4) is 11.5 Å². The third-order valence-corrected chi connectivity index (χ3v) is 2.04. The number of nitrogens with zero attached hydrogens (tertiary/aromatic N) is 3. The molecule has 0 fully saturated rings. The quantitative estimate of drug-likeness (QED) is 0.440. The van der Waals surface area contributed by atoms with Crippen molar-refractivity contribution in [2.24, 2.45) is 7.05 Å². The van der Waals surface area contributed by atoms with E-state index in [4.69, 9.17) is 0 Å². The Morgan fingerprint density at radius 1 is 1.42 bits per heavy atom. The molecular formula is C8H13N3Si. The van der Waals surface area contributed by atoms with E-state index >= 15 is 0 Å². The lowest BCUT2D eigenvalue weighted by Crippen LogP contribution is -2.16. The van der Waals surface area contributed by atoms with Crippen molar-refractivity contribution in [3.63, 3.8) is 0 Å². The molecule has 12 heavy (non-hydrogen) atoms. The van der Waals surface area contributed by atoms with Crippen LogP contribution < -0.4 is 0 Å². The van der Waals surface area contributed by atoms with Crippen molar-refractivity contribution in [1.82, 2.24) is 15.0 Å². The van der Waals surface area contributed by atoms with E-state index < -0.39 is 8.07 Å². The molecule has 1 rings (SSSR count). The lowest BCUT2D eigenvalue weighted by Gasteiger charge is -2.02. The highest BCUT2D eigenvalue weighted by molar-refractivity contribution is 6.83. The van der Waals surface area contributed by atoms with Gasteiger partial charge >= 0.3 is 0 Å². The van der Waals surface area contributed by atoms with Crippen LogP contribution in [0.4, 0.5) is 0 Å². The number of rotatable bonds is 0. The zero-order chi connectivity index (χ0) is 9.19. The first-order valence-corrected chi connectivity index (χ1v) is 7.37. The van der Waals surface area contributed by atoms with E-state index in [1.54, 1.807) is 4.68 Å². The molecule has 0 amide bonds. The van der Waals surface area contributed by atoms with Crippen molar-refractivity contribution in [2.75, 3.05) is 0 Å². The van der Waals surface area contributed by atoms with Gasteiger partial charge in [0.2, 0.25) is 0 Å². The maximum atomic E-state index is 3.88. The van der Waals surface area contributed by atoms with Gasteiger partial charge < -0.3 is 0 Å². The van der Waals surface area contributed by atoms with Crippen molar-refractivity contribution in [3.05, 3.63) is 11.9 Å². The predicted molar refractivity (Wildman–Crippen MR) is 51.2 cm³/mol. The second kappa shape index (κ2) is 3.11. The smallest absolute Gasteiger partial charge is 0.154 e. The van der Waals surface area contributed by atoms with Crippen molar-refractivity contribution >= 4 is 8.07 Å². The number of aryl methyl sites for hydroxylation is 1. The van der Waals surface area contributed by atoms with Gasteiger partial charge in [0.25, 0.3) is 0 Å². The van der Waals surface area contributed by atoms with Gasteiger partial charge in [0.05, 0.1) is 6.20 Å². The summed E-state index contributed by atoms with van der Waals surface area (Å²) in [6.07, 6.45) is 1.83. The second-order valence-electron chi connectivity index (χ2n) is 3.78. The molecule has 4 heteroatoms. The fraction of sp³-hybridized carbons (Fsp3) is 0.500. The zero-order valence-electron chi connectivity index (χ0n) is 7.92. The van der Waals surface area contributed by atoms with Crippen LogP contribution in [0, 0.1) is 11.5 Å². The molecule has 0 radical (unpaired) electrons. The summed E-state index contributed by atoms with van der Waals surface area (Å²) < 4.78 is 1.66. The molecule has 0 aliphatic heterocycles. The fourth-order valence-electron chi connectivity index (χ4n) is 0.656. The van der Waals surface area contributed by atoms with E-state index in [-0.39, 0.29) is 0 Å². The van der Waals surface area contributed by atoms with Gasteiger partial charge in [-0.15, -0.1) is 10.6 Å². The monoisotopic (exact) mass is 179 g/mol. The van der Waals surface area contributed by atoms with Gasteiger partial charge in [0, 0.05) is 7.05 Å². The summed E-state index contributed by atoms with van der Waals surface area (Å²) in [5, 5.41) is 7.68. The lowest BCUT2D eigenvalue weighted by atomic mass is 10.5. The Hall–Kier alpha value is -1.08. The molecule has 0 bridgehead atoms. The molecule has 0 spiro atoms. The van der Waals surface area contributed by atoms with E-state index in [0.717, 1.165) is 5.69 Å². The summed E-state index contributed by atoms with van der Waals surface area (Å²) >= 11 is 0. The molecule has 0 unspecified atom stereocenters.